The van der Waals surface area contributed by atoms with Crippen LogP contribution in [0.1, 0.15) is 57.2 Å². The van der Waals surface area contributed by atoms with Crippen LogP contribution in [0.3, 0.4) is 0 Å². The molecule has 0 saturated heterocycles. The van der Waals surface area contributed by atoms with Crippen LogP contribution in [0.4, 0.5) is 0 Å². The summed E-state index contributed by atoms with van der Waals surface area (Å²) in [4.78, 5) is 2.87. The molecule has 0 fully saturated rings. The Hall–Kier alpha value is -1.32. The highest BCUT2D eigenvalue weighted by Gasteiger charge is 2.08. The van der Waals surface area contributed by atoms with Crippen molar-refractivity contribution in [3.05, 3.63) is 41.3 Å². The van der Waals surface area contributed by atoms with Crippen molar-refractivity contribution in [1.29, 1.82) is 0 Å². The fourth-order valence-electron chi connectivity index (χ4n) is 3.01. The Kier molecular flexibility index (Phi) is 6.94. The van der Waals surface area contributed by atoms with Crippen LogP contribution in [0.2, 0.25) is 0 Å². The van der Waals surface area contributed by atoms with Gasteiger partial charge in [0, 0.05) is 19.2 Å². The summed E-state index contributed by atoms with van der Waals surface area (Å²) in [5.41, 5.74) is 1.29. The smallest absolute Gasteiger partial charge is 0.119 e. The Morgan fingerprint density at radius 2 is 1.56 bits per heavy atom. The molecule has 0 aliphatic rings. The molecular weight excluding hydrogens is 344 g/mol. The van der Waals surface area contributed by atoms with Gasteiger partial charge in [-0.2, -0.15) is 0 Å². The Morgan fingerprint density at radius 3 is 2.28 bits per heavy atom. The molecule has 0 radical (unpaired) electrons. The highest BCUT2D eigenvalue weighted by molar-refractivity contribution is 7.29. The van der Waals surface area contributed by atoms with Gasteiger partial charge in [-0.05, 0) is 54.8 Å². The Morgan fingerprint density at radius 1 is 0.800 bits per heavy atom. The van der Waals surface area contributed by atoms with E-state index in [4.69, 9.17) is 4.74 Å². The third-order valence-corrected chi connectivity index (χ3v) is 6.81. The molecule has 0 amide bonds. The maximum atomic E-state index is 5.87. The molecule has 0 aliphatic carbocycles. The highest BCUT2D eigenvalue weighted by atomic mass is 32.1. The summed E-state index contributed by atoms with van der Waals surface area (Å²) in [5, 5.41) is 0. The minimum absolute atomic E-state index is 0.831. The van der Waals surface area contributed by atoms with Crippen molar-refractivity contribution in [2.75, 3.05) is 6.61 Å². The molecule has 0 N–H and O–H groups in total. The molecular formula is C22H28OS2. The monoisotopic (exact) mass is 372 g/mol. The van der Waals surface area contributed by atoms with E-state index in [2.05, 4.69) is 50.2 Å². The van der Waals surface area contributed by atoms with E-state index in [1.54, 1.807) is 0 Å². The van der Waals surface area contributed by atoms with Crippen molar-refractivity contribution < 1.29 is 4.74 Å². The zero-order valence-electron chi connectivity index (χ0n) is 15.3. The number of rotatable bonds is 10. The molecule has 1 aromatic carbocycles. The summed E-state index contributed by atoms with van der Waals surface area (Å²) in [6.45, 7) is 5.32. The van der Waals surface area contributed by atoms with Gasteiger partial charge >= 0.3 is 0 Å². The first kappa shape index (κ1) is 18.5. The molecule has 0 spiro atoms. The summed E-state index contributed by atoms with van der Waals surface area (Å²) in [6.07, 6.45) is 8.82. The summed E-state index contributed by atoms with van der Waals surface area (Å²) in [7, 11) is 0. The minimum atomic E-state index is 0.831. The zero-order chi connectivity index (χ0) is 17.5. The van der Waals surface area contributed by atoms with E-state index in [1.165, 1.54) is 63.2 Å². The second-order valence-corrected chi connectivity index (χ2v) is 8.84. The summed E-state index contributed by atoms with van der Waals surface area (Å²) < 4.78 is 8.72. The fourth-order valence-corrected chi connectivity index (χ4v) is 5.54. The predicted octanol–water partition coefficient (Wildman–Crippen LogP) is 7.93. The number of fused-ring (bicyclic) bond motifs is 1. The lowest BCUT2D eigenvalue weighted by molar-refractivity contribution is 0.304. The van der Waals surface area contributed by atoms with Gasteiger partial charge in [0.15, 0.2) is 0 Å². The van der Waals surface area contributed by atoms with Gasteiger partial charge in [-0.15, -0.1) is 22.7 Å². The Labute approximate surface area is 159 Å². The zero-order valence-corrected chi connectivity index (χ0v) is 17.0. The summed E-state index contributed by atoms with van der Waals surface area (Å²) in [5.74, 6) is 0.989. The van der Waals surface area contributed by atoms with Crippen molar-refractivity contribution >= 4 is 32.1 Å². The average Bonchev–Trinajstić information content (AvgIpc) is 3.17. The van der Waals surface area contributed by atoms with Crippen molar-refractivity contribution in [2.24, 2.45) is 0 Å². The molecule has 2 heterocycles. The Balaban J connectivity index is 1.55. The maximum Gasteiger partial charge on any atom is 0.119 e. The van der Waals surface area contributed by atoms with Crippen molar-refractivity contribution in [2.45, 2.75) is 58.8 Å². The van der Waals surface area contributed by atoms with Crippen molar-refractivity contribution in [3.63, 3.8) is 0 Å². The largest absolute Gasteiger partial charge is 0.494 e. The molecule has 3 aromatic rings. The van der Waals surface area contributed by atoms with Crippen LogP contribution in [-0.2, 0) is 6.42 Å². The lowest BCUT2D eigenvalue weighted by Gasteiger charge is -2.06. The molecule has 0 atom stereocenters. The third-order valence-electron chi connectivity index (χ3n) is 4.41. The number of aryl methyl sites for hydroxylation is 1. The van der Waals surface area contributed by atoms with E-state index < -0.39 is 0 Å². The van der Waals surface area contributed by atoms with Crippen LogP contribution in [0.5, 0.6) is 5.75 Å². The number of hydrogen-bond donors (Lipinski definition) is 0. The van der Waals surface area contributed by atoms with E-state index in [0.29, 0.717) is 0 Å². The molecule has 25 heavy (non-hydrogen) atoms. The molecule has 0 saturated carbocycles. The topological polar surface area (TPSA) is 9.23 Å². The van der Waals surface area contributed by atoms with Gasteiger partial charge in [0.2, 0.25) is 0 Å². The van der Waals surface area contributed by atoms with Gasteiger partial charge in [0.25, 0.3) is 0 Å². The highest BCUT2D eigenvalue weighted by Crippen LogP contribution is 2.39. The van der Waals surface area contributed by atoms with Crippen LogP contribution in [-0.4, -0.2) is 6.61 Å². The number of unbranched alkanes of at least 4 members (excludes halogenated alkanes) is 4. The first-order chi connectivity index (χ1) is 12.3. The van der Waals surface area contributed by atoms with Gasteiger partial charge < -0.3 is 4.74 Å². The lowest BCUT2D eigenvalue weighted by atomic mass is 10.1. The first-order valence-corrected chi connectivity index (χ1v) is 11.2. The van der Waals surface area contributed by atoms with Gasteiger partial charge in [0.1, 0.15) is 5.75 Å². The van der Waals surface area contributed by atoms with Crippen LogP contribution in [0.15, 0.2) is 36.4 Å². The van der Waals surface area contributed by atoms with Crippen LogP contribution < -0.4 is 4.74 Å². The fraction of sp³-hybridized carbons (Fsp3) is 0.455. The van der Waals surface area contributed by atoms with Crippen molar-refractivity contribution in [1.82, 2.24) is 0 Å². The molecule has 0 unspecified atom stereocenters. The average molecular weight is 373 g/mol. The number of thiophene rings is 2. The first-order valence-electron chi connectivity index (χ1n) is 9.55. The SMILES string of the molecule is CCCCCCCOc1ccc(-c2cc3sc(CCC)cc3s2)cc1. The maximum absolute atomic E-state index is 5.87. The normalized spacial score (nSPS) is 11.3. The van der Waals surface area contributed by atoms with Crippen molar-refractivity contribution in [3.8, 4) is 16.2 Å². The standard InChI is InChI=1S/C22H28OS2/c1-3-5-6-7-8-14-23-18-12-10-17(11-13-18)20-16-22-21(25-20)15-19(24-22)9-4-2/h10-13,15-16H,3-9,14H2,1-2H3. The minimum Gasteiger partial charge on any atom is -0.494 e. The molecule has 0 bridgehead atoms. The van der Waals surface area contributed by atoms with Gasteiger partial charge in [0.05, 0.1) is 6.61 Å². The van der Waals surface area contributed by atoms with Gasteiger partial charge in [-0.3, -0.25) is 0 Å². The predicted molar refractivity (Wildman–Crippen MR) is 113 cm³/mol. The Bertz CT molecular complexity index is 736. The summed E-state index contributed by atoms with van der Waals surface area (Å²) >= 11 is 3.85. The lowest BCUT2D eigenvalue weighted by Crippen LogP contribution is -1.97. The second kappa shape index (κ2) is 9.40. The van der Waals surface area contributed by atoms with E-state index in [9.17, 15) is 0 Å². The second-order valence-electron chi connectivity index (χ2n) is 6.59. The molecule has 3 heteroatoms. The van der Waals surface area contributed by atoms with Crippen LogP contribution in [0, 0.1) is 0 Å². The van der Waals surface area contributed by atoms with Crippen LogP contribution >= 0.6 is 22.7 Å². The van der Waals surface area contributed by atoms with E-state index in [0.717, 1.165) is 18.8 Å². The van der Waals surface area contributed by atoms with Gasteiger partial charge in [-0.25, -0.2) is 0 Å². The third kappa shape index (κ3) is 5.08. The molecule has 2 aromatic heterocycles. The molecule has 134 valence electrons. The quantitative estimate of drug-likeness (QED) is 0.328. The molecule has 0 aliphatic heterocycles. The number of hydrogen-bond acceptors (Lipinski definition) is 3. The van der Waals surface area contributed by atoms with Crippen LogP contribution in [0.25, 0.3) is 19.8 Å². The van der Waals surface area contributed by atoms with Gasteiger partial charge in [-0.1, -0.05) is 46.0 Å². The number of benzene rings is 1. The number of ether oxygens (including phenoxy) is 1. The molecule has 3 rings (SSSR count). The van der Waals surface area contributed by atoms with E-state index in [-0.39, 0.29) is 0 Å². The van der Waals surface area contributed by atoms with E-state index >= 15 is 0 Å². The molecule has 1 nitrogen and oxygen atoms in total. The summed E-state index contributed by atoms with van der Waals surface area (Å²) in [6, 6.07) is 13.3. The van der Waals surface area contributed by atoms with E-state index in [1.807, 2.05) is 22.7 Å².